The average molecular weight is 663 g/mol. The van der Waals surface area contributed by atoms with E-state index in [4.69, 9.17) is 4.74 Å². The summed E-state index contributed by atoms with van der Waals surface area (Å²) >= 11 is 10.1. The first-order valence-electron chi connectivity index (χ1n) is 10.1. The van der Waals surface area contributed by atoms with Gasteiger partial charge in [0.2, 0.25) is 0 Å². The van der Waals surface area contributed by atoms with E-state index in [2.05, 4.69) is 53.1 Å². The van der Waals surface area contributed by atoms with E-state index >= 15 is 0 Å². The molecule has 0 aromatic heterocycles. The van der Waals surface area contributed by atoms with Gasteiger partial charge in [0.05, 0.1) is 15.7 Å². The van der Waals surface area contributed by atoms with Crippen LogP contribution in [0.5, 0.6) is 5.75 Å². The molecule has 35 heavy (non-hydrogen) atoms. The number of halogens is 3. The van der Waals surface area contributed by atoms with Crippen LogP contribution in [0.15, 0.2) is 79.7 Å². The second-order valence-corrected chi connectivity index (χ2v) is 10.2. The molecular formula is C25H15Br3N2O5. The molecule has 7 nitrogen and oxygen atoms in total. The van der Waals surface area contributed by atoms with Gasteiger partial charge < -0.3 is 4.74 Å². The number of ether oxygens (including phenoxy) is 1. The highest BCUT2D eigenvalue weighted by molar-refractivity contribution is 9.11. The number of imide groups is 2. The first-order chi connectivity index (χ1) is 16.6. The Bertz CT molecular complexity index is 1400. The summed E-state index contributed by atoms with van der Waals surface area (Å²) in [5.41, 5.74) is 1.55. The molecule has 0 unspecified atom stereocenters. The van der Waals surface area contributed by atoms with Crippen molar-refractivity contribution in [3.8, 4) is 5.75 Å². The predicted octanol–water partition coefficient (Wildman–Crippen LogP) is 6.17. The lowest BCUT2D eigenvalue weighted by molar-refractivity contribution is -0.122. The summed E-state index contributed by atoms with van der Waals surface area (Å²) < 4.78 is 7.45. The van der Waals surface area contributed by atoms with Crippen LogP contribution in [0.1, 0.15) is 21.5 Å². The number of nitrogens with one attached hydrogen (secondary N) is 1. The molecule has 1 aliphatic heterocycles. The van der Waals surface area contributed by atoms with Crippen molar-refractivity contribution in [2.45, 2.75) is 6.92 Å². The van der Waals surface area contributed by atoms with E-state index in [1.54, 1.807) is 60.7 Å². The fourth-order valence-corrected chi connectivity index (χ4v) is 4.88. The van der Waals surface area contributed by atoms with Crippen molar-refractivity contribution >= 4 is 83.4 Å². The second-order valence-electron chi connectivity index (χ2n) is 7.50. The average Bonchev–Trinajstić information content (AvgIpc) is 2.80. The van der Waals surface area contributed by atoms with Crippen molar-refractivity contribution < 1.29 is 23.9 Å². The van der Waals surface area contributed by atoms with Crippen LogP contribution in [0, 0.1) is 6.92 Å². The number of aryl methyl sites for hydroxylation is 1. The molecule has 1 heterocycles. The van der Waals surface area contributed by atoms with Crippen LogP contribution >= 0.6 is 47.8 Å². The summed E-state index contributed by atoms with van der Waals surface area (Å²) in [7, 11) is 0. The quantitative estimate of drug-likeness (QED) is 0.156. The molecule has 1 aliphatic rings. The van der Waals surface area contributed by atoms with Gasteiger partial charge in [-0.05, 0) is 77.5 Å². The highest BCUT2D eigenvalue weighted by atomic mass is 79.9. The molecule has 0 spiro atoms. The number of nitrogens with zero attached hydrogens (tertiary/aromatic N) is 1. The van der Waals surface area contributed by atoms with Crippen molar-refractivity contribution in [3.05, 3.63) is 96.3 Å². The van der Waals surface area contributed by atoms with Crippen LogP contribution in [0.25, 0.3) is 6.08 Å². The maximum absolute atomic E-state index is 13.2. The number of hydrogen-bond donors (Lipinski definition) is 1. The van der Waals surface area contributed by atoms with Gasteiger partial charge in [-0.25, -0.2) is 14.5 Å². The number of urea groups is 1. The minimum atomic E-state index is -0.857. The van der Waals surface area contributed by atoms with Crippen molar-refractivity contribution in [2.24, 2.45) is 0 Å². The topological polar surface area (TPSA) is 92.8 Å². The Hall–Kier alpha value is -3.08. The van der Waals surface area contributed by atoms with Crippen molar-refractivity contribution in [2.75, 3.05) is 4.90 Å². The Morgan fingerprint density at radius 2 is 1.57 bits per heavy atom. The molecule has 0 radical (unpaired) electrons. The number of carbonyl (C=O) groups excluding carboxylic acids is 4. The summed E-state index contributed by atoms with van der Waals surface area (Å²) in [6.45, 7) is 1.87. The standard InChI is InChI=1S/C25H15Br3N2O5/c1-13-2-8-18(9-3-13)30-23(32)19(22(31)29-25(30)34)11-15-10-17(27)12-20(28)21(15)35-24(33)14-4-6-16(26)7-5-14/h2-12H,1H3,(H,29,31,34)/b19-11-. The summed E-state index contributed by atoms with van der Waals surface area (Å²) in [6, 6.07) is 15.7. The third-order valence-corrected chi connectivity index (χ3v) is 6.58. The van der Waals surface area contributed by atoms with Gasteiger partial charge in [-0.3, -0.25) is 14.9 Å². The number of barbiturate groups is 1. The maximum atomic E-state index is 13.2. The van der Waals surface area contributed by atoms with Crippen molar-refractivity contribution in [1.82, 2.24) is 5.32 Å². The first-order valence-corrected chi connectivity index (χ1v) is 12.5. The van der Waals surface area contributed by atoms with Crippen LogP contribution in [-0.4, -0.2) is 23.8 Å². The lowest BCUT2D eigenvalue weighted by atomic mass is 10.1. The molecule has 0 aliphatic carbocycles. The Kier molecular flexibility index (Phi) is 7.34. The highest BCUT2D eigenvalue weighted by Crippen LogP contribution is 2.36. The maximum Gasteiger partial charge on any atom is 0.343 e. The number of esters is 1. The molecule has 4 amide bonds. The molecular weight excluding hydrogens is 648 g/mol. The molecule has 1 saturated heterocycles. The van der Waals surface area contributed by atoms with Crippen molar-refractivity contribution in [3.63, 3.8) is 0 Å². The monoisotopic (exact) mass is 660 g/mol. The van der Waals surface area contributed by atoms with E-state index in [9.17, 15) is 19.2 Å². The summed E-state index contributed by atoms with van der Waals surface area (Å²) in [5, 5.41) is 2.19. The third kappa shape index (κ3) is 5.44. The molecule has 0 saturated carbocycles. The summed E-state index contributed by atoms with van der Waals surface area (Å²) in [6.07, 6.45) is 1.28. The molecule has 1 fully saturated rings. The lowest BCUT2D eigenvalue weighted by Gasteiger charge is -2.26. The van der Waals surface area contributed by atoms with Gasteiger partial charge in [0.1, 0.15) is 5.57 Å². The Morgan fingerprint density at radius 1 is 0.914 bits per heavy atom. The van der Waals surface area contributed by atoms with E-state index in [0.29, 0.717) is 20.2 Å². The van der Waals surface area contributed by atoms with Gasteiger partial charge in [-0.15, -0.1) is 0 Å². The minimum absolute atomic E-state index is 0.105. The Morgan fingerprint density at radius 3 is 2.23 bits per heavy atom. The fraction of sp³-hybridized carbons (Fsp3) is 0.0400. The highest BCUT2D eigenvalue weighted by Gasteiger charge is 2.37. The van der Waals surface area contributed by atoms with Gasteiger partial charge in [0, 0.05) is 14.5 Å². The Labute approximate surface area is 225 Å². The number of rotatable bonds is 4. The van der Waals surface area contributed by atoms with E-state index < -0.39 is 23.8 Å². The molecule has 10 heteroatoms. The van der Waals surface area contributed by atoms with Crippen molar-refractivity contribution in [1.29, 1.82) is 0 Å². The normalized spacial score (nSPS) is 14.8. The fourth-order valence-electron chi connectivity index (χ4n) is 3.27. The summed E-state index contributed by atoms with van der Waals surface area (Å²) in [4.78, 5) is 52.0. The van der Waals surface area contributed by atoms with Gasteiger partial charge in [-0.2, -0.15) is 0 Å². The molecule has 1 N–H and O–H groups in total. The molecule has 0 atom stereocenters. The molecule has 176 valence electrons. The lowest BCUT2D eigenvalue weighted by Crippen LogP contribution is -2.54. The molecule has 3 aromatic carbocycles. The Balaban J connectivity index is 1.74. The third-order valence-electron chi connectivity index (χ3n) is 5.01. The predicted molar refractivity (Wildman–Crippen MR) is 141 cm³/mol. The van der Waals surface area contributed by atoms with E-state index in [0.717, 1.165) is 14.9 Å². The first kappa shape index (κ1) is 25.0. The second kappa shape index (κ2) is 10.3. The molecule has 0 bridgehead atoms. The number of amides is 4. The zero-order valence-electron chi connectivity index (χ0n) is 18.0. The number of carbonyl (C=O) groups is 4. The van der Waals surface area contributed by atoms with Crippen LogP contribution in [0.2, 0.25) is 0 Å². The van der Waals surface area contributed by atoms with E-state index in [1.165, 1.54) is 6.08 Å². The zero-order valence-corrected chi connectivity index (χ0v) is 22.7. The van der Waals surface area contributed by atoms with Crippen LogP contribution in [0.4, 0.5) is 10.5 Å². The zero-order chi connectivity index (χ0) is 25.3. The number of hydrogen-bond acceptors (Lipinski definition) is 5. The summed E-state index contributed by atoms with van der Waals surface area (Å²) in [5.74, 6) is -2.18. The van der Waals surface area contributed by atoms with Gasteiger partial charge >= 0.3 is 12.0 Å². The van der Waals surface area contributed by atoms with Crippen LogP contribution in [0.3, 0.4) is 0 Å². The van der Waals surface area contributed by atoms with Crippen LogP contribution < -0.4 is 15.0 Å². The molecule has 3 aromatic rings. The SMILES string of the molecule is Cc1ccc(N2C(=O)NC(=O)/C(=C/c3cc(Br)cc(Br)c3OC(=O)c3ccc(Br)cc3)C2=O)cc1. The largest absolute Gasteiger partial charge is 0.421 e. The molecule has 4 rings (SSSR count). The van der Waals surface area contributed by atoms with Gasteiger partial charge in [0.15, 0.2) is 5.75 Å². The van der Waals surface area contributed by atoms with Gasteiger partial charge in [0.25, 0.3) is 11.8 Å². The van der Waals surface area contributed by atoms with Crippen LogP contribution in [-0.2, 0) is 9.59 Å². The number of benzene rings is 3. The van der Waals surface area contributed by atoms with E-state index in [1.807, 2.05) is 6.92 Å². The smallest absolute Gasteiger partial charge is 0.343 e. The van der Waals surface area contributed by atoms with E-state index in [-0.39, 0.29) is 16.9 Å². The van der Waals surface area contributed by atoms with Gasteiger partial charge in [-0.1, -0.05) is 49.6 Å². The minimum Gasteiger partial charge on any atom is -0.421 e. The number of anilines is 1.